The van der Waals surface area contributed by atoms with E-state index in [9.17, 15) is 9.59 Å². The number of carbonyl (C=O) groups is 2. The van der Waals surface area contributed by atoms with Crippen molar-refractivity contribution in [1.82, 2.24) is 0 Å². The normalized spacial score (nSPS) is 34.0. The number of hydrogen-bond acceptors (Lipinski definition) is 3. The first kappa shape index (κ1) is 17.7. The molecule has 24 heavy (non-hydrogen) atoms. The average molecular weight is 393 g/mol. The summed E-state index contributed by atoms with van der Waals surface area (Å²) < 4.78 is 5.73. The van der Waals surface area contributed by atoms with E-state index in [0.717, 1.165) is 6.42 Å². The summed E-state index contributed by atoms with van der Waals surface area (Å²) in [6.45, 7) is 10.3. The van der Waals surface area contributed by atoms with Crippen molar-refractivity contribution in [1.29, 1.82) is 0 Å². The third kappa shape index (κ3) is 2.01. The van der Waals surface area contributed by atoms with Crippen molar-refractivity contribution in [3.8, 4) is 5.75 Å². The van der Waals surface area contributed by atoms with E-state index in [4.69, 9.17) is 4.74 Å². The highest BCUT2D eigenvalue weighted by molar-refractivity contribution is 9.10. The van der Waals surface area contributed by atoms with Gasteiger partial charge in [-0.15, -0.1) is 0 Å². The van der Waals surface area contributed by atoms with Crippen LogP contribution in [0.5, 0.6) is 5.75 Å². The molecule has 3 rings (SSSR count). The van der Waals surface area contributed by atoms with E-state index in [1.165, 1.54) is 5.56 Å². The predicted molar refractivity (Wildman–Crippen MR) is 97.4 cm³/mol. The van der Waals surface area contributed by atoms with E-state index < -0.39 is 21.1 Å². The summed E-state index contributed by atoms with van der Waals surface area (Å²) >= 11 is 3.52. The third-order valence-corrected chi connectivity index (χ3v) is 8.04. The van der Waals surface area contributed by atoms with Crippen LogP contribution in [0, 0.1) is 16.2 Å². The van der Waals surface area contributed by atoms with E-state index in [1.807, 2.05) is 45.0 Å². The molecule has 0 amide bonds. The standard InChI is InChI=1S/C20H25BrO3/c1-12(2)13-6-8-14(9-7-13)24-17(23)20-11-10-19(5,18(20,3)4)16(22)15(20)21/h6-9,12,15H,10-11H2,1-5H3. The van der Waals surface area contributed by atoms with Gasteiger partial charge in [0.25, 0.3) is 0 Å². The van der Waals surface area contributed by atoms with E-state index >= 15 is 0 Å². The second-order valence-electron chi connectivity index (χ2n) is 8.27. The van der Waals surface area contributed by atoms with E-state index in [-0.39, 0.29) is 11.8 Å². The van der Waals surface area contributed by atoms with E-state index in [1.54, 1.807) is 0 Å². The van der Waals surface area contributed by atoms with Crippen LogP contribution in [0.1, 0.15) is 58.9 Å². The number of carbonyl (C=O) groups excluding carboxylic acids is 2. The van der Waals surface area contributed by atoms with Gasteiger partial charge in [-0.3, -0.25) is 9.59 Å². The average Bonchev–Trinajstić information content (AvgIpc) is 2.80. The Hall–Kier alpha value is -1.16. The minimum absolute atomic E-state index is 0.130. The van der Waals surface area contributed by atoms with E-state index in [0.29, 0.717) is 18.1 Å². The molecule has 0 saturated heterocycles. The number of halogens is 1. The van der Waals surface area contributed by atoms with Crippen molar-refractivity contribution < 1.29 is 14.3 Å². The lowest BCUT2D eigenvalue weighted by atomic mass is 9.65. The van der Waals surface area contributed by atoms with Gasteiger partial charge in [0.1, 0.15) is 5.75 Å². The Labute approximate surface area is 152 Å². The maximum atomic E-state index is 13.1. The lowest BCUT2D eigenvalue weighted by Crippen LogP contribution is -2.47. The molecule has 1 aromatic carbocycles. The van der Waals surface area contributed by atoms with Crippen LogP contribution in [0.25, 0.3) is 0 Å². The van der Waals surface area contributed by atoms with Crippen LogP contribution in [-0.4, -0.2) is 16.6 Å². The van der Waals surface area contributed by atoms with Gasteiger partial charge in [0.2, 0.25) is 0 Å². The SMILES string of the molecule is CC(C)c1ccc(OC(=O)C23CCC(C)(C(=O)C2Br)C3(C)C)cc1. The first-order chi connectivity index (χ1) is 11.1. The van der Waals surface area contributed by atoms with Gasteiger partial charge < -0.3 is 4.74 Å². The second-order valence-corrected chi connectivity index (χ2v) is 9.18. The van der Waals surface area contributed by atoms with Crippen LogP contribution < -0.4 is 4.74 Å². The zero-order valence-corrected chi connectivity index (χ0v) is 16.6. The number of hydrogen-bond donors (Lipinski definition) is 0. The Morgan fingerprint density at radius 3 is 2.21 bits per heavy atom. The number of fused-ring (bicyclic) bond motifs is 2. The quantitative estimate of drug-likeness (QED) is 0.418. The van der Waals surface area contributed by atoms with Gasteiger partial charge in [0.05, 0.1) is 10.2 Å². The summed E-state index contributed by atoms with van der Waals surface area (Å²) in [5, 5.41) is 0. The van der Waals surface area contributed by atoms with Gasteiger partial charge >= 0.3 is 5.97 Å². The Bertz CT molecular complexity index is 691. The van der Waals surface area contributed by atoms with Crippen LogP contribution in [0.4, 0.5) is 0 Å². The molecule has 3 nitrogen and oxygen atoms in total. The van der Waals surface area contributed by atoms with Crippen LogP contribution in [0.15, 0.2) is 24.3 Å². The summed E-state index contributed by atoms with van der Waals surface area (Å²) in [5.74, 6) is 0.816. The van der Waals surface area contributed by atoms with Gasteiger partial charge in [-0.25, -0.2) is 0 Å². The molecule has 0 heterocycles. The van der Waals surface area contributed by atoms with Gasteiger partial charge in [-0.05, 0) is 41.9 Å². The number of benzene rings is 1. The number of Topliss-reactive ketones (excluding diaryl/α,β-unsaturated/α-hetero) is 1. The number of ether oxygens (including phenoxy) is 1. The highest BCUT2D eigenvalue weighted by Crippen LogP contribution is 2.72. The fourth-order valence-electron chi connectivity index (χ4n) is 4.52. The molecular formula is C20H25BrO3. The van der Waals surface area contributed by atoms with Crippen molar-refractivity contribution in [2.45, 2.75) is 58.2 Å². The van der Waals surface area contributed by atoms with Gasteiger partial charge in [-0.2, -0.15) is 0 Å². The molecule has 2 aliphatic carbocycles. The summed E-state index contributed by atoms with van der Waals surface area (Å²) in [6.07, 6.45) is 1.42. The first-order valence-corrected chi connectivity index (χ1v) is 9.50. The zero-order chi connectivity index (χ0) is 17.9. The highest BCUT2D eigenvalue weighted by atomic mass is 79.9. The molecule has 2 aliphatic rings. The summed E-state index contributed by atoms with van der Waals surface area (Å²) in [4.78, 5) is 25.4. The van der Waals surface area contributed by atoms with Gasteiger partial charge in [-0.1, -0.05) is 62.7 Å². The second kappa shape index (κ2) is 5.42. The maximum absolute atomic E-state index is 13.1. The fraction of sp³-hybridized carbons (Fsp3) is 0.600. The molecule has 0 aliphatic heterocycles. The highest BCUT2D eigenvalue weighted by Gasteiger charge is 2.77. The van der Waals surface area contributed by atoms with Crippen molar-refractivity contribution in [2.24, 2.45) is 16.2 Å². The lowest BCUT2D eigenvalue weighted by molar-refractivity contribution is -0.150. The molecule has 2 bridgehead atoms. The van der Waals surface area contributed by atoms with Crippen molar-refractivity contribution in [3.05, 3.63) is 29.8 Å². The maximum Gasteiger partial charge on any atom is 0.319 e. The number of alkyl halides is 1. The number of ketones is 1. The fourth-order valence-corrected chi connectivity index (χ4v) is 6.02. The largest absolute Gasteiger partial charge is 0.426 e. The topological polar surface area (TPSA) is 43.4 Å². The van der Waals surface area contributed by atoms with Gasteiger partial charge in [0, 0.05) is 5.41 Å². The Balaban J connectivity index is 1.91. The molecule has 2 fully saturated rings. The molecule has 1 aromatic rings. The number of esters is 1. The summed E-state index contributed by atoms with van der Waals surface area (Å²) in [5.41, 5.74) is -0.492. The summed E-state index contributed by atoms with van der Waals surface area (Å²) in [6, 6.07) is 7.65. The minimum Gasteiger partial charge on any atom is -0.426 e. The van der Waals surface area contributed by atoms with Crippen molar-refractivity contribution in [3.63, 3.8) is 0 Å². The minimum atomic E-state index is -0.796. The van der Waals surface area contributed by atoms with Crippen LogP contribution in [-0.2, 0) is 9.59 Å². The number of rotatable bonds is 3. The van der Waals surface area contributed by atoms with Crippen molar-refractivity contribution in [2.75, 3.05) is 0 Å². The molecule has 4 heteroatoms. The third-order valence-electron chi connectivity index (χ3n) is 6.84. The van der Waals surface area contributed by atoms with Crippen molar-refractivity contribution >= 4 is 27.7 Å². The van der Waals surface area contributed by atoms with E-state index in [2.05, 4.69) is 29.8 Å². The molecule has 0 spiro atoms. The smallest absolute Gasteiger partial charge is 0.319 e. The molecule has 0 aromatic heterocycles. The Kier molecular flexibility index (Phi) is 3.99. The molecule has 3 unspecified atom stereocenters. The molecule has 130 valence electrons. The first-order valence-electron chi connectivity index (χ1n) is 8.58. The van der Waals surface area contributed by atoms with Crippen LogP contribution in [0.2, 0.25) is 0 Å². The molecule has 0 N–H and O–H groups in total. The summed E-state index contributed by atoms with van der Waals surface area (Å²) in [7, 11) is 0. The Morgan fingerprint density at radius 1 is 1.17 bits per heavy atom. The molecular weight excluding hydrogens is 368 g/mol. The predicted octanol–water partition coefficient (Wildman–Crippen LogP) is 4.87. The van der Waals surface area contributed by atoms with Gasteiger partial charge in [0.15, 0.2) is 5.78 Å². The van der Waals surface area contributed by atoms with Crippen LogP contribution in [0.3, 0.4) is 0 Å². The van der Waals surface area contributed by atoms with Crippen LogP contribution >= 0.6 is 15.9 Å². The zero-order valence-electron chi connectivity index (χ0n) is 15.0. The lowest BCUT2D eigenvalue weighted by Gasteiger charge is -2.38. The molecule has 0 radical (unpaired) electrons. The monoisotopic (exact) mass is 392 g/mol. The Morgan fingerprint density at radius 2 is 1.75 bits per heavy atom. The molecule has 2 saturated carbocycles. The molecule has 3 atom stereocenters.